The van der Waals surface area contributed by atoms with E-state index in [1.54, 1.807) is 7.11 Å². The van der Waals surface area contributed by atoms with E-state index in [9.17, 15) is 14.4 Å². The van der Waals surface area contributed by atoms with Crippen LogP contribution in [-0.2, 0) is 11.2 Å². The summed E-state index contributed by atoms with van der Waals surface area (Å²) in [4.78, 5) is 41.4. The zero-order valence-corrected chi connectivity index (χ0v) is 14.1. The molecule has 0 bridgehead atoms. The van der Waals surface area contributed by atoms with E-state index < -0.39 is 11.5 Å². The first-order chi connectivity index (χ1) is 12.0. The Hall–Kier alpha value is -3.16. The summed E-state index contributed by atoms with van der Waals surface area (Å²) >= 11 is 0. The number of methoxy groups -OCH3 is 1. The number of carbonyl (C=O) groups excluding carboxylic acids is 2. The van der Waals surface area contributed by atoms with Crippen LogP contribution in [0.25, 0.3) is 0 Å². The van der Waals surface area contributed by atoms with Crippen LogP contribution >= 0.6 is 0 Å². The summed E-state index contributed by atoms with van der Waals surface area (Å²) in [5, 5.41) is 5.17. The molecule has 0 spiro atoms. The SMILES string of the molecule is COc1ccc(Cc2nc(C(=O)NCCNC(C)=O)cc(=O)[nH]2)cc1. The van der Waals surface area contributed by atoms with Gasteiger partial charge in [-0.1, -0.05) is 12.1 Å². The molecule has 1 aromatic carbocycles. The molecule has 0 aliphatic carbocycles. The third-order valence-electron chi connectivity index (χ3n) is 3.34. The molecule has 0 aliphatic heterocycles. The molecule has 0 atom stereocenters. The van der Waals surface area contributed by atoms with Gasteiger partial charge in [-0.2, -0.15) is 0 Å². The van der Waals surface area contributed by atoms with Gasteiger partial charge in [0.15, 0.2) is 0 Å². The van der Waals surface area contributed by atoms with Gasteiger partial charge < -0.3 is 20.4 Å². The van der Waals surface area contributed by atoms with Gasteiger partial charge >= 0.3 is 0 Å². The zero-order valence-electron chi connectivity index (χ0n) is 14.1. The summed E-state index contributed by atoms with van der Waals surface area (Å²) in [6.07, 6.45) is 0.381. The van der Waals surface area contributed by atoms with Gasteiger partial charge in [0.25, 0.3) is 11.5 Å². The molecule has 1 aromatic heterocycles. The highest BCUT2D eigenvalue weighted by Crippen LogP contribution is 2.13. The Morgan fingerprint density at radius 2 is 1.84 bits per heavy atom. The van der Waals surface area contributed by atoms with E-state index in [-0.39, 0.29) is 18.1 Å². The average molecular weight is 344 g/mol. The average Bonchev–Trinajstić information content (AvgIpc) is 2.58. The number of hydrogen-bond donors (Lipinski definition) is 3. The predicted octanol–water partition coefficient (Wildman–Crippen LogP) is 0.235. The van der Waals surface area contributed by atoms with Crippen LogP contribution in [0.3, 0.4) is 0 Å². The minimum Gasteiger partial charge on any atom is -0.497 e. The molecule has 1 heterocycles. The first-order valence-electron chi connectivity index (χ1n) is 7.73. The minimum atomic E-state index is -0.465. The smallest absolute Gasteiger partial charge is 0.270 e. The Kier molecular flexibility index (Phi) is 6.27. The van der Waals surface area contributed by atoms with Crippen molar-refractivity contribution in [1.29, 1.82) is 0 Å². The number of rotatable bonds is 7. The molecular formula is C17H20N4O4. The molecule has 0 fully saturated rings. The highest BCUT2D eigenvalue weighted by Gasteiger charge is 2.10. The summed E-state index contributed by atoms with van der Waals surface area (Å²) in [6, 6.07) is 8.49. The number of H-pyrrole nitrogens is 1. The van der Waals surface area contributed by atoms with Gasteiger partial charge in [0.05, 0.1) is 7.11 Å². The highest BCUT2D eigenvalue weighted by atomic mass is 16.5. The number of nitrogens with zero attached hydrogens (tertiary/aromatic N) is 1. The van der Waals surface area contributed by atoms with Crippen LogP contribution in [0.4, 0.5) is 0 Å². The molecule has 2 amide bonds. The van der Waals surface area contributed by atoms with Crippen molar-refractivity contribution in [3.63, 3.8) is 0 Å². The van der Waals surface area contributed by atoms with Crippen LogP contribution in [0.5, 0.6) is 5.75 Å². The van der Waals surface area contributed by atoms with E-state index in [2.05, 4.69) is 20.6 Å². The Balaban J connectivity index is 2.04. The topological polar surface area (TPSA) is 113 Å². The third kappa shape index (κ3) is 5.76. The fraction of sp³-hybridized carbons (Fsp3) is 0.294. The number of carbonyl (C=O) groups is 2. The maximum absolute atomic E-state index is 12.1. The lowest BCUT2D eigenvalue weighted by molar-refractivity contribution is -0.118. The maximum atomic E-state index is 12.1. The Morgan fingerprint density at radius 3 is 2.48 bits per heavy atom. The van der Waals surface area contributed by atoms with Crippen molar-refractivity contribution in [2.45, 2.75) is 13.3 Å². The standard InChI is InChI=1S/C17H20N4O4/c1-11(22)18-7-8-19-17(24)14-10-16(23)21-15(20-14)9-12-3-5-13(25-2)6-4-12/h3-6,10H,7-9H2,1-2H3,(H,18,22)(H,19,24)(H,20,21,23). The number of amides is 2. The summed E-state index contributed by atoms with van der Waals surface area (Å²) in [6.45, 7) is 1.95. The lowest BCUT2D eigenvalue weighted by atomic mass is 10.1. The predicted molar refractivity (Wildman–Crippen MR) is 91.7 cm³/mol. The monoisotopic (exact) mass is 344 g/mol. The van der Waals surface area contributed by atoms with Gasteiger partial charge in [0.2, 0.25) is 5.91 Å². The van der Waals surface area contributed by atoms with Gasteiger partial charge in [0, 0.05) is 32.5 Å². The number of hydrogen-bond acceptors (Lipinski definition) is 5. The Labute approximate surface area is 144 Å². The Morgan fingerprint density at radius 1 is 1.16 bits per heavy atom. The quantitative estimate of drug-likeness (QED) is 0.623. The van der Waals surface area contributed by atoms with E-state index >= 15 is 0 Å². The molecule has 0 saturated heterocycles. The molecule has 2 rings (SSSR count). The van der Waals surface area contributed by atoms with Gasteiger partial charge in [-0.05, 0) is 17.7 Å². The molecular weight excluding hydrogens is 324 g/mol. The van der Waals surface area contributed by atoms with Crippen LogP contribution in [0.1, 0.15) is 28.8 Å². The van der Waals surface area contributed by atoms with E-state index in [0.717, 1.165) is 17.4 Å². The van der Waals surface area contributed by atoms with Crippen LogP contribution in [0.15, 0.2) is 35.1 Å². The largest absolute Gasteiger partial charge is 0.497 e. The summed E-state index contributed by atoms with van der Waals surface area (Å²) in [7, 11) is 1.59. The van der Waals surface area contributed by atoms with Crippen molar-refractivity contribution in [3.8, 4) is 5.75 Å². The van der Waals surface area contributed by atoms with Crippen LogP contribution in [-0.4, -0.2) is 42.0 Å². The van der Waals surface area contributed by atoms with Gasteiger partial charge in [-0.15, -0.1) is 0 Å². The molecule has 0 aliphatic rings. The molecule has 3 N–H and O–H groups in total. The van der Waals surface area contributed by atoms with E-state index in [1.165, 1.54) is 6.92 Å². The van der Waals surface area contributed by atoms with Crippen LogP contribution < -0.4 is 20.9 Å². The van der Waals surface area contributed by atoms with Crippen molar-refractivity contribution in [2.75, 3.05) is 20.2 Å². The molecule has 132 valence electrons. The zero-order chi connectivity index (χ0) is 18.2. The molecule has 2 aromatic rings. The molecule has 8 nitrogen and oxygen atoms in total. The van der Waals surface area contributed by atoms with Crippen molar-refractivity contribution in [1.82, 2.24) is 20.6 Å². The first-order valence-corrected chi connectivity index (χ1v) is 7.73. The lowest BCUT2D eigenvalue weighted by Crippen LogP contribution is -2.34. The maximum Gasteiger partial charge on any atom is 0.270 e. The number of aromatic amines is 1. The lowest BCUT2D eigenvalue weighted by Gasteiger charge is -2.07. The number of ether oxygens (including phenoxy) is 1. The van der Waals surface area contributed by atoms with E-state index in [4.69, 9.17) is 4.74 Å². The second-order valence-corrected chi connectivity index (χ2v) is 5.34. The van der Waals surface area contributed by atoms with Crippen LogP contribution in [0, 0.1) is 0 Å². The van der Waals surface area contributed by atoms with Crippen molar-refractivity contribution < 1.29 is 14.3 Å². The molecule has 0 unspecified atom stereocenters. The summed E-state index contributed by atoms with van der Waals surface area (Å²) in [5.74, 6) is 0.486. The van der Waals surface area contributed by atoms with E-state index in [0.29, 0.717) is 18.8 Å². The normalized spacial score (nSPS) is 10.2. The molecule has 0 radical (unpaired) electrons. The highest BCUT2D eigenvalue weighted by molar-refractivity contribution is 5.92. The number of benzene rings is 1. The number of aromatic nitrogens is 2. The molecule has 25 heavy (non-hydrogen) atoms. The van der Waals surface area contributed by atoms with Gasteiger partial charge in [0.1, 0.15) is 17.3 Å². The van der Waals surface area contributed by atoms with Crippen molar-refractivity contribution in [2.24, 2.45) is 0 Å². The Bertz CT molecular complexity index is 799. The fourth-order valence-electron chi connectivity index (χ4n) is 2.15. The second-order valence-electron chi connectivity index (χ2n) is 5.34. The van der Waals surface area contributed by atoms with Crippen molar-refractivity contribution in [3.05, 3.63) is 57.8 Å². The van der Waals surface area contributed by atoms with Gasteiger partial charge in [-0.25, -0.2) is 4.98 Å². The fourth-order valence-corrected chi connectivity index (χ4v) is 2.15. The second kappa shape index (κ2) is 8.62. The molecule has 8 heteroatoms. The van der Waals surface area contributed by atoms with Gasteiger partial charge in [-0.3, -0.25) is 14.4 Å². The van der Waals surface area contributed by atoms with Crippen molar-refractivity contribution >= 4 is 11.8 Å². The molecule has 0 saturated carbocycles. The summed E-state index contributed by atoms with van der Waals surface area (Å²) < 4.78 is 5.10. The minimum absolute atomic E-state index is 0.0371. The first kappa shape index (κ1) is 18.2. The van der Waals surface area contributed by atoms with E-state index in [1.807, 2.05) is 24.3 Å². The van der Waals surface area contributed by atoms with Crippen LogP contribution in [0.2, 0.25) is 0 Å². The summed E-state index contributed by atoms with van der Waals surface area (Å²) in [5.41, 5.74) is 0.563. The third-order valence-corrected chi connectivity index (χ3v) is 3.34. The number of nitrogens with one attached hydrogen (secondary N) is 3.